The number of rotatable bonds is 0. The summed E-state index contributed by atoms with van der Waals surface area (Å²) in [5.41, 5.74) is 0.0376. The number of ketones is 1. The van der Waals surface area contributed by atoms with E-state index in [1.807, 2.05) is 0 Å². The molecular formula is C7H11N3O2. The first-order valence-corrected chi connectivity index (χ1v) is 3.57. The summed E-state index contributed by atoms with van der Waals surface area (Å²) in [5.74, 6) is -0.556. The molecule has 0 saturated carbocycles. The maximum absolute atomic E-state index is 11.3. The molecule has 0 aromatic carbocycles. The highest BCUT2D eigenvalue weighted by molar-refractivity contribution is 6.66. The molecule has 1 aliphatic rings. The van der Waals surface area contributed by atoms with Crippen LogP contribution in [-0.4, -0.2) is 55.1 Å². The highest BCUT2D eigenvalue weighted by Crippen LogP contribution is 2.02. The molecule has 0 bridgehead atoms. The number of carbonyl (C=O) groups excluding carboxylic acids is 2. The van der Waals surface area contributed by atoms with E-state index in [0.717, 1.165) is 0 Å². The predicted octanol–water partition coefficient (Wildman–Crippen LogP) is -1.05. The fourth-order valence-corrected chi connectivity index (χ4v) is 1.04. The van der Waals surface area contributed by atoms with Crippen LogP contribution in [-0.2, 0) is 9.59 Å². The average Bonchev–Trinajstić information content (AvgIpc) is 2.01. The number of amides is 1. The van der Waals surface area contributed by atoms with E-state index in [4.69, 9.17) is 0 Å². The van der Waals surface area contributed by atoms with E-state index < -0.39 is 0 Å². The molecule has 5 heteroatoms. The van der Waals surface area contributed by atoms with Crippen LogP contribution < -0.4 is 0 Å². The fraction of sp³-hybridized carbons (Fsp3) is 0.571. The standard InChI is InChI=1S/C7H11N3O2/c1-8-6-5(11)4-9(2)10(3)7(6)12/h4H2,1-3H3. The molecule has 0 aliphatic carbocycles. The van der Waals surface area contributed by atoms with Crippen molar-refractivity contribution in [3.63, 3.8) is 0 Å². The Kier molecular flexibility index (Phi) is 2.23. The molecule has 0 atom stereocenters. The first kappa shape index (κ1) is 8.86. The number of aliphatic imine (C=N–C) groups is 1. The normalized spacial score (nSPS) is 23.9. The van der Waals surface area contributed by atoms with Gasteiger partial charge in [-0.1, -0.05) is 0 Å². The van der Waals surface area contributed by atoms with E-state index in [2.05, 4.69) is 4.99 Å². The van der Waals surface area contributed by atoms with Gasteiger partial charge >= 0.3 is 0 Å². The molecule has 1 saturated heterocycles. The van der Waals surface area contributed by atoms with E-state index in [1.165, 1.54) is 12.1 Å². The molecule has 0 unspecified atom stereocenters. The van der Waals surface area contributed by atoms with Gasteiger partial charge in [-0.3, -0.25) is 19.6 Å². The Balaban J connectivity index is 2.95. The van der Waals surface area contributed by atoms with Crippen LogP contribution in [0.3, 0.4) is 0 Å². The zero-order valence-corrected chi connectivity index (χ0v) is 7.37. The first-order valence-electron chi connectivity index (χ1n) is 3.57. The van der Waals surface area contributed by atoms with Crippen LogP contribution in [0, 0.1) is 0 Å². The molecule has 0 radical (unpaired) electrons. The van der Waals surface area contributed by atoms with Crippen LogP contribution in [0.5, 0.6) is 0 Å². The van der Waals surface area contributed by atoms with Crippen molar-refractivity contribution in [2.45, 2.75) is 0 Å². The molecule has 0 N–H and O–H groups in total. The van der Waals surface area contributed by atoms with Gasteiger partial charge in [0.25, 0.3) is 5.91 Å². The van der Waals surface area contributed by atoms with E-state index in [9.17, 15) is 9.59 Å². The zero-order valence-electron chi connectivity index (χ0n) is 7.37. The van der Waals surface area contributed by atoms with Gasteiger partial charge in [-0.05, 0) is 0 Å². The van der Waals surface area contributed by atoms with E-state index in [0.29, 0.717) is 0 Å². The average molecular weight is 169 g/mol. The van der Waals surface area contributed by atoms with Crippen molar-refractivity contribution in [3.05, 3.63) is 0 Å². The molecule has 0 aromatic heterocycles. The second-order valence-corrected chi connectivity index (χ2v) is 2.64. The van der Waals surface area contributed by atoms with Gasteiger partial charge in [0.1, 0.15) is 0 Å². The number of hydrazine groups is 1. The van der Waals surface area contributed by atoms with Crippen LogP contribution in [0.25, 0.3) is 0 Å². The Bertz CT molecular complexity index is 259. The fourth-order valence-electron chi connectivity index (χ4n) is 1.04. The maximum atomic E-state index is 11.3. The molecule has 1 rings (SSSR count). The number of likely N-dealkylation sites (N-methyl/N-ethyl adjacent to an activating group) is 1. The third-order valence-electron chi connectivity index (χ3n) is 1.87. The number of carbonyl (C=O) groups is 2. The van der Waals surface area contributed by atoms with Gasteiger partial charge in [-0.15, -0.1) is 0 Å². The van der Waals surface area contributed by atoms with Gasteiger partial charge < -0.3 is 0 Å². The molecule has 5 nitrogen and oxygen atoms in total. The smallest absolute Gasteiger partial charge is 0.289 e. The van der Waals surface area contributed by atoms with Crippen molar-refractivity contribution >= 4 is 17.4 Å². The third kappa shape index (κ3) is 1.23. The summed E-state index contributed by atoms with van der Waals surface area (Å²) in [7, 11) is 4.74. The van der Waals surface area contributed by atoms with Gasteiger partial charge in [-0.2, -0.15) is 0 Å². The van der Waals surface area contributed by atoms with Gasteiger partial charge in [0.2, 0.25) is 5.78 Å². The van der Waals surface area contributed by atoms with Crippen LogP contribution >= 0.6 is 0 Å². The van der Waals surface area contributed by atoms with Crippen LogP contribution in [0.1, 0.15) is 0 Å². The molecule has 12 heavy (non-hydrogen) atoms. The predicted molar refractivity (Wildman–Crippen MR) is 43.8 cm³/mol. The largest absolute Gasteiger partial charge is 0.291 e. The van der Waals surface area contributed by atoms with Crippen molar-refractivity contribution in [2.24, 2.45) is 4.99 Å². The number of hydrogen-bond acceptors (Lipinski definition) is 4. The number of Topliss-reactive ketones (excluding diaryl/α,β-unsaturated/α-hetero) is 1. The summed E-state index contributed by atoms with van der Waals surface area (Å²) in [6.45, 7) is 0.217. The minimum atomic E-state index is -0.337. The summed E-state index contributed by atoms with van der Waals surface area (Å²) in [5, 5.41) is 2.93. The Hall–Kier alpha value is -1.23. The molecule has 1 fully saturated rings. The second-order valence-electron chi connectivity index (χ2n) is 2.64. The van der Waals surface area contributed by atoms with Crippen LogP contribution in [0.2, 0.25) is 0 Å². The lowest BCUT2D eigenvalue weighted by molar-refractivity contribution is -0.142. The van der Waals surface area contributed by atoms with Crippen molar-refractivity contribution in [3.8, 4) is 0 Å². The Morgan fingerprint density at radius 1 is 1.33 bits per heavy atom. The van der Waals surface area contributed by atoms with E-state index >= 15 is 0 Å². The highest BCUT2D eigenvalue weighted by atomic mass is 16.2. The summed E-state index contributed by atoms with van der Waals surface area (Å²) in [4.78, 5) is 26.1. The lowest BCUT2D eigenvalue weighted by Gasteiger charge is -2.31. The van der Waals surface area contributed by atoms with Gasteiger partial charge in [0.15, 0.2) is 5.71 Å². The lowest BCUT2D eigenvalue weighted by Crippen LogP contribution is -2.55. The third-order valence-corrected chi connectivity index (χ3v) is 1.87. The number of nitrogens with zero attached hydrogens (tertiary/aromatic N) is 3. The SMILES string of the molecule is CN=C1C(=O)CN(C)N(C)C1=O. The quantitative estimate of drug-likeness (QED) is 0.464. The second kappa shape index (κ2) is 3.02. The van der Waals surface area contributed by atoms with E-state index in [-0.39, 0.29) is 23.9 Å². The Morgan fingerprint density at radius 2 is 1.92 bits per heavy atom. The summed E-state index contributed by atoms with van der Waals surface area (Å²) >= 11 is 0. The summed E-state index contributed by atoms with van der Waals surface area (Å²) < 4.78 is 0. The highest BCUT2D eigenvalue weighted by Gasteiger charge is 2.31. The molecule has 1 aliphatic heterocycles. The molecule has 0 aromatic rings. The molecule has 1 amide bonds. The lowest BCUT2D eigenvalue weighted by atomic mass is 10.2. The van der Waals surface area contributed by atoms with E-state index in [1.54, 1.807) is 19.1 Å². The summed E-state index contributed by atoms with van der Waals surface area (Å²) in [6, 6.07) is 0. The molecule has 1 heterocycles. The molecule has 66 valence electrons. The van der Waals surface area contributed by atoms with Crippen LogP contribution in [0.15, 0.2) is 4.99 Å². The summed E-state index contributed by atoms with van der Waals surface area (Å²) in [6.07, 6.45) is 0. The van der Waals surface area contributed by atoms with Crippen molar-refractivity contribution in [1.82, 2.24) is 10.0 Å². The zero-order chi connectivity index (χ0) is 9.30. The topological polar surface area (TPSA) is 53.0 Å². The minimum absolute atomic E-state index is 0.0376. The first-order chi connectivity index (χ1) is 5.57. The maximum Gasteiger partial charge on any atom is 0.289 e. The van der Waals surface area contributed by atoms with Crippen molar-refractivity contribution in [2.75, 3.05) is 27.7 Å². The molecular weight excluding hydrogens is 158 g/mol. The molecule has 0 spiro atoms. The van der Waals surface area contributed by atoms with Crippen molar-refractivity contribution < 1.29 is 9.59 Å². The monoisotopic (exact) mass is 169 g/mol. The minimum Gasteiger partial charge on any atom is -0.291 e. The Morgan fingerprint density at radius 3 is 2.42 bits per heavy atom. The van der Waals surface area contributed by atoms with Crippen molar-refractivity contribution in [1.29, 1.82) is 0 Å². The van der Waals surface area contributed by atoms with Crippen LogP contribution in [0.4, 0.5) is 0 Å². The van der Waals surface area contributed by atoms with Gasteiger partial charge in [0.05, 0.1) is 6.54 Å². The van der Waals surface area contributed by atoms with Gasteiger partial charge in [0, 0.05) is 21.1 Å². The number of hydrogen-bond donors (Lipinski definition) is 0. The Labute approximate surface area is 70.6 Å². The van der Waals surface area contributed by atoms with Gasteiger partial charge in [-0.25, -0.2) is 5.01 Å².